The Labute approximate surface area is 129 Å². The first kappa shape index (κ1) is 14.8. The SMILES string of the molecule is COC(=O)c1cc(-c2ccc(C)cc2)n(C2CCCCO2)n1. The van der Waals surface area contributed by atoms with Gasteiger partial charge in [-0.2, -0.15) is 5.10 Å². The number of aromatic nitrogens is 2. The number of carbonyl (C=O) groups excluding carboxylic acids is 1. The minimum Gasteiger partial charge on any atom is -0.464 e. The van der Waals surface area contributed by atoms with Crippen molar-refractivity contribution in [3.8, 4) is 11.3 Å². The van der Waals surface area contributed by atoms with Gasteiger partial charge in [0, 0.05) is 6.61 Å². The fourth-order valence-corrected chi connectivity index (χ4v) is 2.67. The molecule has 116 valence electrons. The zero-order valence-corrected chi connectivity index (χ0v) is 12.9. The summed E-state index contributed by atoms with van der Waals surface area (Å²) in [5, 5.41) is 4.42. The van der Waals surface area contributed by atoms with Gasteiger partial charge in [0.15, 0.2) is 11.9 Å². The first-order valence-corrected chi connectivity index (χ1v) is 7.55. The molecule has 0 bridgehead atoms. The van der Waals surface area contributed by atoms with Gasteiger partial charge >= 0.3 is 5.97 Å². The van der Waals surface area contributed by atoms with E-state index in [9.17, 15) is 4.79 Å². The summed E-state index contributed by atoms with van der Waals surface area (Å²) in [6, 6.07) is 9.94. The summed E-state index contributed by atoms with van der Waals surface area (Å²) in [6.45, 7) is 2.77. The van der Waals surface area contributed by atoms with Crippen LogP contribution in [-0.2, 0) is 9.47 Å². The van der Waals surface area contributed by atoms with E-state index in [1.807, 2.05) is 35.9 Å². The highest BCUT2D eigenvalue weighted by atomic mass is 16.5. The summed E-state index contributed by atoms with van der Waals surface area (Å²) >= 11 is 0. The molecular weight excluding hydrogens is 280 g/mol. The molecule has 0 radical (unpaired) electrons. The van der Waals surface area contributed by atoms with Crippen molar-refractivity contribution < 1.29 is 14.3 Å². The monoisotopic (exact) mass is 300 g/mol. The molecule has 2 aromatic rings. The summed E-state index contributed by atoms with van der Waals surface area (Å²) < 4.78 is 12.4. The van der Waals surface area contributed by atoms with Gasteiger partial charge < -0.3 is 9.47 Å². The molecule has 5 nitrogen and oxygen atoms in total. The van der Waals surface area contributed by atoms with E-state index < -0.39 is 5.97 Å². The van der Waals surface area contributed by atoms with E-state index in [4.69, 9.17) is 9.47 Å². The third kappa shape index (κ3) is 2.90. The third-order valence-electron chi connectivity index (χ3n) is 3.91. The van der Waals surface area contributed by atoms with E-state index in [0.29, 0.717) is 5.69 Å². The van der Waals surface area contributed by atoms with E-state index in [1.165, 1.54) is 12.7 Å². The molecule has 2 heterocycles. The maximum absolute atomic E-state index is 11.8. The number of nitrogens with zero attached hydrogens (tertiary/aromatic N) is 2. The fourth-order valence-electron chi connectivity index (χ4n) is 2.67. The van der Waals surface area contributed by atoms with Gasteiger partial charge in [-0.1, -0.05) is 29.8 Å². The number of rotatable bonds is 3. The van der Waals surface area contributed by atoms with Crippen molar-refractivity contribution in [2.24, 2.45) is 0 Å². The van der Waals surface area contributed by atoms with Crippen LogP contribution in [0, 0.1) is 6.92 Å². The Hall–Kier alpha value is -2.14. The Balaban J connectivity index is 2.03. The van der Waals surface area contributed by atoms with Gasteiger partial charge in [0.1, 0.15) is 0 Å². The molecule has 1 atom stereocenters. The molecule has 1 aromatic carbocycles. The van der Waals surface area contributed by atoms with Crippen LogP contribution in [0.5, 0.6) is 0 Å². The zero-order valence-electron chi connectivity index (χ0n) is 12.9. The molecule has 0 spiro atoms. The van der Waals surface area contributed by atoms with E-state index in [2.05, 4.69) is 5.10 Å². The summed E-state index contributed by atoms with van der Waals surface area (Å²) in [6.07, 6.45) is 2.96. The number of ether oxygens (including phenoxy) is 2. The molecule has 1 aromatic heterocycles. The van der Waals surface area contributed by atoms with E-state index in [1.54, 1.807) is 6.07 Å². The molecule has 0 amide bonds. The molecule has 1 fully saturated rings. The standard InChI is InChI=1S/C17H20N2O3/c1-12-6-8-13(9-7-12)15-11-14(17(20)21-2)18-19(15)16-5-3-4-10-22-16/h6-9,11,16H,3-5,10H2,1-2H3. The molecule has 1 aliphatic heterocycles. The quantitative estimate of drug-likeness (QED) is 0.816. The number of benzene rings is 1. The largest absolute Gasteiger partial charge is 0.464 e. The van der Waals surface area contributed by atoms with Gasteiger partial charge in [0.2, 0.25) is 0 Å². The van der Waals surface area contributed by atoms with Crippen molar-refractivity contribution in [3.63, 3.8) is 0 Å². The minimum absolute atomic E-state index is 0.122. The second kappa shape index (κ2) is 6.32. The van der Waals surface area contributed by atoms with Gasteiger partial charge in [-0.05, 0) is 37.8 Å². The number of carbonyl (C=O) groups is 1. The average Bonchev–Trinajstić information content (AvgIpc) is 3.01. The van der Waals surface area contributed by atoms with Crippen molar-refractivity contribution in [2.75, 3.05) is 13.7 Å². The van der Waals surface area contributed by atoms with Crippen molar-refractivity contribution in [3.05, 3.63) is 41.6 Å². The minimum atomic E-state index is -0.428. The highest BCUT2D eigenvalue weighted by Crippen LogP contribution is 2.29. The van der Waals surface area contributed by atoms with Crippen molar-refractivity contribution in [1.82, 2.24) is 9.78 Å². The molecule has 0 aliphatic carbocycles. The van der Waals surface area contributed by atoms with Crippen LogP contribution in [0.2, 0.25) is 0 Å². The highest BCUT2D eigenvalue weighted by Gasteiger charge is 2.23. The second-order valence-corrected chi connectivity index (χ2v) is 5.54. The molecule has 0 N–H and O–H groups in total. The maximum Gasteiger partial charge on any atom is 0.358 e. The Kier molecular flexibility index (Phi) is 4.24. The van der Waals surface area contributed by atoms with Crippen LogP contribution in [0.15, 0.2) is 30.3 Å². The third-order valence-corrected chi connectivity index (χ3v) is 3.91. The lowest BCUT2D eigenvalue weighted by Gasteiger charge is -2.24. The Bertz CT molecular complexity index is 655. The average molecular weight is 300 g/mol. The summed E-state index contributed by atoms with van der Waals surface area (Å²) in [7, 11) is 1.37. The number of methoxy groups -OCH3 is 1. The van der Waals surface area contributed by atoms with Crippen molar-refractivity contribution >= 4 is 5.97 Å². The van der Waals surface area contributed by atoms with Crippen molar-refractivity contribution in [2.45, 2.75) is 32.4 Å². The molecular formula is C17H20N2O3. The van der Waals surface area contributed by atoms with Crippen LogP contribution in [-0.4, -0.2) is 29.5 Å². The molecule has 3 rings (SSSR count). The molecule has 1 aliphatic rings. The first-order valence-electron chi connectivity index (χ1n) is 7.55. The fraction of sp³-hybridized carbons (Fsp3) is 0.412. The molecule has 1 unspecified atom stereocenters. The highest BCUT2D eigenvalue weighted by molar-refractivity contribution is 5.88. The van der Waals surface area contributed by atoms with E-state index >= 15 is 0 Å². The topological polar surface area (TPSA) is 53.4 Å². The van der Waals surface area contributed by atoms with Crippen LogP contribution in [0.25, 0.3) is 11.3 Å². The maximum atomic E-state index is 11.8. The lowest BCUT2D eigenvalue weighted by Crippen LogP contribution is -2.20. The molecule has 5 heteroatoms. The smallest absolute Gasteiger partial charge is 0.358 e. The van der Waals surface area contributed by atoms with Crippen LogP contribution < -0.4 is 0 Å². The van der Waals surface area contributed by atoms with Gasteiger partial charge in [0.25, 0.3) is 0 Å². The number of esters is 1. The number of aryl methyl sites for hydroxylation is 1. The predicted molar refractivity (Wildman–Crippen MR) is 82.6 cm³/mol. The molecule has 22 heavy (non-hydrogen) atoms. The zero-order chi connectivity index (χ0) is 15.5. The van der Waals surface area contributed by atoms with Crippen molar-refractivity contribution in [1.29, 1.82) is 0 Å². The second-order valence-electron chi connectivity index (χ2n) is 5.54. The lowest BCUT2D eigenvalue weighted by molar-refractivity contribution is -0.0385. The summed E-state index contributed by atoms with van der Waals surface area (Å²) in [4.78, 5) is 11.8. The van der Waals surface area contributed by atoms with Crippen LogP contribution in [0.3, 0.4) is 0 Å². The van der Waals surface area contributed by atoms with Crippen LogP contribution in [0.1, 0.15) is 41.5 Å². The van der Waals surface area contributed by atoms with E-state index in [0.717, 1.165) is 37.1 Å². The van der Waals surface area contributed by atoms with Crippen LogP contribution >= 0.6 is 0 Å². The lowest BCUT2D eigenvalue weighted by atomic mass is 10.1. The Morgan fingerprint density at radius 1 is 1.32 bits per heavy atom. The van der Waals surface area contributed by atoms with Gasteiger partial charge in [0.05, 0.1) is 12.8 Å². The summed E-state index contributed by atoms with van der Waals surface area (Å²) in [5.74, 6) is -0.428. The Morgan fingerprint density at radius 2 is 2.09 bits per heavy atom. The van der Waals surface area contributed by atoms with Gasteiger partial charge in [-0.25, -0.2) is 9.48 Å². The normalized spacial score (nSPS) is 18.2. The molecule has 0 saturated carbocycles. The summed E-state index contributed by atoms with van der Waals surface area (Å²) in [5.41, 5.74) is 3.40. The first-order chi connectivity index (χ1) is 10.7. The Morgan fingerprint density at radius 3 is 2.73 bits per heavy atom. The molecule has 1 saturated heterocycles. The predicted octanol–water partition coefficient (Wildman–Crippen LogP) is 3.34. The van der Waals surface area contributed by atoms with E-state index in [-0.39, 0.29) is 6.23 Å². The van der Waals surface area contributed by atoms with Crippen LogP contribution in [0.4, 0.5) is 0 Å². The number of hydrogen-bond acceptors (Lipinski definition) is 4. The van der Waals surface area contributed by atoms with Gasteiger partial charge in [-0.15, -0.1) is 0 Å². The van der Waals surface area contributed by atoms with Gasteiger partial charge in [-0.3, -0.25) is 0 Å². The number of hydrogen-bond donors (Lipinski definition) is 0.